The average Bonchev–Trinajstić information content (AvgIpc) is 3.08. The first-order valence-electron chi connectivity index (χ1n) is 8.18. The fourth-order valence-corrected chi connectivity index (χ4v) is 2.95. The van der Waals surface area contributed by atoms with Crippen LogP contribution in [-0.2, 0) is 24.4 Å². The van der Waals surface area contributed by atoms with Crippen LogP contribution in [0.2, 0.25) is 5.02 Å². The van der Waals surface area contributed by atoms with E-state index in [4.69, 9.17) is 21.1 Å². The number of hydrogen-bond acceptors (Lipinski definition) is 4. The molecule has 0 unspecified atom stereocenters. The first-order chi connectivity index (χ1) is 12.2. The van der Waals surface area contributed by atoms with Crippen molar-refractivity contribution in [3.63, 3.8) is 0 Å². The number of amides is 1. The molecule has 0 bridgehead atoms. The highest BCUT2D eigenvalue weighted by Gasteiger charge is 2.14. The molecule has 1 aliphatic rings. The molecule has 0 atom stereocenters. The summed E-state index contributed by atoms with van der Waals surface area (Å²) in [5.41, 5.74) is 4.10. The van der Waals surface area contributed by atoms with E-state index < -0.39 is 0 Å². The molecule has 0 saturated heterocycles. The van der Waals surface area contributed by atoms with Crippen LogP contribution in [0.25, 0.3) is 0 Å². The van der Waals surface area contributed by atoms with E-state index >= 15 is 0 Å². The zero-order valence-corrected chi connectivity index (χ0v) is 16.1. The zero-order chi connectivity index (χ0) is 17.6. The number of fused-ring (bicyclic) bond motifs is 1. The van der Waals surface area contributed by atoms with Crippen LogP contribution in [-0.4, -0.2) is 26.2 Å². The molecule has 0 fully saturated rings. The maximum atomic E-state index is 12.6. The van der Waals surface area contributed by atoms with Crippen LogP contribution in [0.15, 0.2) is 36.4 Å². The van der Waals surface area contributed by atoms with E-state index in [1.54, 1.807) is 25.3 Å². The first kappa shape index (κ1) is 20.5. The monoisotopic (exact) mass is 396 g/mol. The number of methoxy groups -OCH3 is 1. The summed E-state index contributed by atoms with van der Waals surface area (Å²) in [7, 11) is 1.60. The van der Waals surface area contributed by atoms with Crippen LogP contribution >= 0.6 is 24.0 Å². The van der Waals surface area contributed by atoms with Crippen molar-refractivity contribution in [3.05, 3.63) is 63.7 Å². The number of hydrogen-bond donors (Lipinski definition) is 2. The van der Waals surface area contributed by atoms with E-state index in [-0.39, 0.29) is 18.3 Å². The van der Waals surface area contributed by atoms with E-state index in [0.29, 0.717) is 36.1 Å². The molecule has 5 nitrogen and oxygen atoms in total. The molecule has 0 radical (unpaired) electrons. The number of benzene rings is 2. The van der Waals surface area contributed by atoms with Crippen molar-refractivity contribution in [2.24, 2.45) is 0 Å². The highest BCUT2D eigenvalue weighted by atomic mass is 35.5. The Labute approximate surface area is 164 Å². The molecule has 140 valence electrons. The van der Waals surface area contributed by atoms with Crippen LogP contribution < -0.4 is 15.4 Å². The van der Waals surface area contributed by atoms with Crippen molar-refractivity contribution in [2.45, 2.75) is 19.6 Å². The lowest BCUT2D eigenvalue weighted by atomic mass is 10.1. The van der Waals surface area contributed by atoms with Gasteiger partial charge in [0.05, 0.1) is 12.2 Å². The third-order valence-electron chi connectivity index (χ3n) is 4.09. The van der Waals surface area contributed by atoms with E-state index in [1.165, 1.54) is 11.1 Å². The van der Waals surface area contributed by atoms with Gasteiger partial charge in [-0.2, -0.15) is 0 Å². The molecule has 26 heavy (non-hydrogen) atoms. The maximum absolute atomic E-state index is 12.6. The molecular formula is C19H22Cl2N2O3. The van der Waals surface area contributed by atoms with Crippen molar-refractivity contribution in [3.8, 4) is 5.75 Å². The van der Waals surface area contributed by atoms with E-state index in [2.05, 4.69) is 22.8 Å². The molecule has 0 saturated carbocycles. The SMILES string of the molecule is COCCOc1ccc(Cl)cc1C(=O)NCc1ccc2c(c1)CNC2.Cl. The Morgan fingerprint density at radius 3 is 2.77 bits per heavy atom. The number of halogens is 2. The largest absolute Gasteiger partial charge is 0.490 e. The molecule has 0 aromatic heterocycles. The maximum Gasteiger partial charge on any atom is 0.255 e. The van der Waals surface area contributed by atoms with Gasteiger partial charge in [0.15, 0.2) is 0 Å². The topological polar surface area (TPSA) is 59.6 Å². The predicted molar refractivity (Wildman–Crippen MR) is 104 cm³/mol. The van der Waals surface area contributed by atoms with Crippen LogP contribution in [0.4, 0.5) is 0 Å². The summed E-state index contributed by atoms with van der Waals surface area (Å²) >= 11 is 6.04. The Morgan fingerprint density at radius 2 is 1.96 bits per heavy atom. The highest BCUT2D eigenvalue weighted by molar-refractivity contribution is 6.31. The fraction of sp³-hybridized carbons (Fsp3) is 0.316. The molecule has 2 N–H and O–H groups in total. The zero-order valence-electron chi connectivity index (χ0n) is 14.5. The summed E-state index contributed by atoms with van der Waals surface area (Å²) in [6.07, 6.45) is 0. The minimum atomic E-state index is -0.214. The van der Waals surface area contributed by atoms with Gasteiger partial charge in [0.2, 0.25) is 0 Å². The number of ether oxygens (including phenoxy) is 2. The Hall–Kier alpha value is -1.79. The highest BCUT2D eigenvalue weighted by Crippen LogP contribution is 2.23. The smallest absolute Gasteiger partial charge is 0.255 e. The third-order valence-corrected chi connectivity index (χ3v) is 4.32. The second-order valence-corrected chi connectivity index (χ2v) is 6.31. The summed E-state index contributed by atoms with van der Waals surface area (Å²) < 4.78 is 10.6. The van der Waals surface area contributed by atoms with Gasteiger partial charge in [-0.25, -0.2) is 0 Å². The van der Waals surface area contributed by atoms with Crippen molar-refractivity contribution < 1.29 is 14.3 Å². The average molecular weight is 397 g/mol. The van der Waals surface area contributed by atoms with Gasteiger partial charge in [-0.1, -0.05) is 29.8 Å². The lowest BCUT2D eigenvalue weighted by Gasteiger charge is -2.12. The normalized spacial score (nSPS) is 12.2. The quantitative estimate of drug-likeness (QED) is 0.704. The second-order valence-electron chi connectivity index (χ2n) is 5.87. The molecule has 3 rings (SSSR count). The van der Waals surface area contributed by atoms with E-state index in [9.17, 15) is 4.79 Å². The number of carbonyl (C=O) groups excluding carboxylic acids is 1. The lowest BCUT2D eigenvalue weighted by molar-refractivity contribution is 0.0943. The molecule has 7 heteroatoms. The molecule has 1 amide bonds. The first-order valence-corrected chi connectivity index (χ1v) is 8.56. The minimum Gasteiger partial charge on any atom is -0.490 e. The second kappa shape index (κ2) is 9.78. The van der Waals surface area contributed by atoms with Gasteiger partial charge in [-0.3, -0.25) is 4.79 Å². The molecule has 0 spiro atoms. The van der Waals surface area contributed by atoms with E-state index in [0.717, 1.165) is 18.7 Å². The molecular weight excluding hydrogens is 375 g/mol. The van der Waals surface area contributed by atoms with Crippen LogP contribution in [0, 0.1) is 0 Å². The van der Waals surface area contributed by atoms with Gasteiger partial charge in [-0.05, 0) is 34.9 Å². The summed E-state index contributed by atoms with van der Waals surface area (Å²) in [4.78, 5) is 12.6. The summed E-state index contributed by atoms with van der Waals surface area (Å²) in [6.45, 7) is 3.06. The molecule has 0 aliphatic carbocycles. The predicted octanol–water partition coefficient (Wildman–Crippen LogP) is 3.32. The van der Waals surface area contributed by atoms with Crippen molar-refractivity contribution >= 4 is 29.9 Å². The summed E-state index contributed by atoms with van der Waals surface area (Å²) in [6, 6.07) is 11.3. The van der Waals surface area contributed by atoms with Crippen LogP contribution in [0.3, 0.4) is 0 Å². The molecule has 2 aromatic rings. The minimum absolute atomic E-state index is 0. The van der Waals surface area contributed by atoms with Gasteiger partial charge >= 0.3 is 0 Å². The number of nitrogens with one attached hydrogen (secondary N) is 2. The van der Waals surface area contributed by atoms with Crippen molar-refractivity contribution in [1.82, 2.24) is 10.6 Å². The van der Waals surface area contributed by atoms with Crippen molar-refractivity contribution in [1.29, 1.82) is 0 Å². The van der Waals surface area contributed by atoms with Gasteiger partial charge in [-0.15, -0.1) is 12.4 Å². The van der Waals surface area contributed by atoms with Gasteiger partial charge in [0.1, 0.15) is 12.4 Å². The Morgan fingerprint density at radius 1 is 1.15 bits per heavy atom. The Balaban J connectivity index is 0.00000243. The molecule has 2 aromatic carbocycles. The van der Waals surface area contributed by atoms with Crippen LogP contribution in [0.5, 0.6) is 5.75 Å². The third kappa shape index (κ3) is 5.11. The Kier molecular flexibility index (Phi) is 7.72. The molecule has 1 aliphatic heterocycles. The Bertz CT molecular complexity index is 768. The van der Waals surface area contributed by atoms with Gasteiger partial charge in [0, 0.05) is 31.8 Å². The fourth-order valence-electron chi connectivity index (χ4n) is 2.78. The standard InChI is InChI=1S/C19H21ClN2O3.ClH/c1-24-6-7-25-18-5-4-16(20)9-17(18)19(23)22-10-13-2-3-14-11-21-12-15(14)8-13;/h2-5,8-9,21H,6-7,10-12H2,1H3,(H,22,23);1H. The number of rotatable bonds is 7. The van der Waals surface area contributed by atoms with Gasteiger partial charge in [0.25, 0.3) is 5.91 Å². The molecule has 1 heterocycles. The summed E-state index contributed by atoms with van der Waals surface area (Å²) in [5.74, 6) is 0.283. The van der Waals surface area contributed by atoms with Crippen LogP contribution in [0.1, 0.15) is 27.0 Å². The lowest BCUT2D eigenvalue weighted by Crippen LogP contribution is -2.24. The van der Waals surface area contributed by atoms with E-state index in [1.807, 2.05) is 6.07 Å². The van der Waals surface area contributed by atoms with Crippen molar-refractivity contribution in [2.75, 3.05) is 20.3 Å². The number of carbonyl (C=O) groups is 1. The van der Waals surface area contributed by atoms with Gasteiger partial charge < -0.3 is 20.1 Å². The summed E-state index contributed by atoms with van der Waals surface area (Å²) in [5, 5.41) is 6.74.